The molecule has 1 aliphatic heterocycles. The van der Waals surface area contributed by atoms with Crippen molar-refractivity contribution in [2.75, 3.05) is 6.54 Å². The van der Waals surface area contributed by atoms with Crippen molar-refractivity contribution in [3.63, 3.8) is 0 Å². The molecule has 3 heteroatoms. The van der Waals surface area contributed by atoms with Crippen LogP contribution in [0.4, 0.5) is 0 Å². The second kappa shape index (κ2) is 3.46. The second-order valence-electron chi connectivity index (χ2n) is 2.99. The van der Waals surface area contributed by atoms with Crippen LogP contribution in [0.5, 0.6) is 0 Å². The van der Waals surface area contributed by atoms with Crippen molar-refractivity contribution in [3.8, 4) is 0 Å². The fraction of sp³-hybridized carbons (Fsp3) is 0.444. The Morgan fingerprint density at radius 2 is 2.50 bits per heavy atom. The van der Waals surface area contributed by atoms with E-state index in [1.165, 1.54) is 0 Å². The van der Waals surface area contributed by atoms with Gasteiger partial charge in [-0.15, -0.1) is 11.8 Å². The molecule has 1 aliphatic rings. The Hall–Kier alpha value is -0.540. The monoisotopic (exact) mass is 180 g/mol. The van der Waals surface area contributed by atoms with Crippen LogP contribution in [0.2, 0.25) is 0 Å². The van der Waals surface area contributed by atoms with Gasteiger partial charge in [-0.1, -0.05) is 13.0 Å². The van der Waals surface area contributed by atoms with Gasteiger partial charge in [-0.2, -0.15) is 0 Å². The average molecular weight is 180 g/mol. The third-order valence-electron chi connectivity index (χ3n) is 1.92. The summed E-state index contributed by atoms with van der Waals surface area (Å²) in [6.07, 6.45) is 1.85. The Bertz CT molecular complexity index is 250. The van der Waals surface area contributed by atoms with Crippen LogP contribution >= 0.6 is 11.8 Å². The summed E-state index contributed by atoms with van der Waals surface area (Å²) in [6.45, 7) is 3.33. The number of aromatic nitrogens is 1. The lowest BCUT2D eigenvalue weighted by Gasteiger charge is -2.07. The van der Waals surface area contributed by atoms with Crippen molar-refractivity contribution in [2.45, 2.75) is 17.5 Å². The normalized spacial score (nSPS) is 29.1. The predicted octanol–water partition coefficient (Wildman–Crippen LogP) is 1.81. The number of rotatable bonds is 1. The summed E-state index contributed by atoms with van der Waals surface area (Å²) >= 11 is 1.94. The van der Waals surface area contributed by atoms with Gasteiger partial charge in [-0.05, 0) is 12.1 Å². The van der Waals surface area contributed by atoms with Gasteiger partial charge in [0.15, 0.2) is 0 Å². The molecule has 2 heterocycles. The number of nitrogens with one attached hydrogen (secondary N) is 1. The Balaban J connectivity index is 2.11. The van der Waals surface area contributed by atoms with E-state index in [1.807, 2.05) is 30.1 Å². The molecule has 2 unspecified atom stereocenters. The maximum Gasteiger partial charge on any atom is 0.0965 e. The number of hydrogen-bond acceptors (Lipinski definition) is 3. The molecule has 2 atom stereocenters. The first-order valence-electron chi connectivity index (χ1n) is 4.16. The summed E-state index contributed by atoms with van der Waals surface area (Å²) in [7, 11) is 0. The van der Waals surface area contributed by atoms with Crippen LogP contribution in [0.15, 0.2) is 24.4 Å². The van der Waals surface area contributed by atoms with Crippen molar-refractivity contribution >= 4 is 11.8 Å². The molecule has 1 aromatic rings. The van der Waals surface area contributed by atoms with Gasteiger partial charge in [0.25, 0.3) is 0 Å². The van der Waals surface area contributed by atoms with Crippen LogP contribution in [-0.4, -0.2) is 16.8 Å². The molecule has 1 saturated heterocycles. The number of thioether (sulfide) groups is 1. The quantitative estimate of drug-likeness (QED) is 0.713. The SMILES string of the molecule is CC1CNC(c2ccccn2)S1. The van der Waals surface area contributed by atoms with E-state index in [-0.39, 0.29) is 0 Å². The molecule has 1 fully saturated rings. The van der Waals surface area contributed by atoms with Gasteiger partial charge in [0.1, 0.15) is 0 Å². The summed E-state index contributed by atoms with van der Waals surface area (Å²) in [4.78, 5) is 4.31. The summed E-state index contributed by atoms with van der Waals surface area (Å²) in [6, 6.07) is 6.06. The first-order chi connectivity index (χ1) is 5.86. The first kappa shape index (κ1) is 8.08. The molecule has 1 aromatic heterocycles. The molecule has 0 bridgehead atoms. The Morgan fingerprint density at radius 1 is 1.58 bits per heavy atom. The lowest BCUT2D eigenvalue weighted by atomic mass is 10.3. The van der Waals surface area contributed by atoms with Gasteiger partial charge in [0.2, 0.25) is 0 Å². The molecule has 0 aromatic carbocycles. The zero-order valence-corrected chi connectivity index (χ0v) is 7.84. The van der Waals surface area contributed by atoms with Crippen LogP contribution in [0.25, 0.3) is 0 Å². The lowest BCUT2D eigenvalue weighted by Crippen LogP contribution is -2.14. The van der Waals surface area contributed by atoms with Crippen molar-refractivity contribution in [1.29, 1.82) is 0 Å². The minimum absolute atomic E-state index is 0.404. The van der Waals surface area contributed by atoms with Crippen LogP contribution < -0.4 is 5.32 Å². The minimum atomic E-state index is 0.404. The van der Waals surface area contributed by atoms with Crippen LogP contribution in [0.1, 0.15) is 18.0 Å². The second-order valence-corrected chi connectivity index (χ2v) is 4.54. The van der Waals surface area contributed by atoms with Gasteiger partial charge in [-0.3, -0.25) is 10.3 Å². The molecule has 1 N–H and O–H groups in total. The largest absolute Gasteiger partial charge is 0.299 e. The highest BCUT2D eigenvalue weighted by Gasteiger charge is 2.22. The molecule has 64 valence electrons. The van der Waals surface area contributed by atoms with Gasteiger partial charge < -0.3 is 0 Å². The highest BCUT2D eigenvalue weighted by molar-refractivity contribution is 8.00. The molecule has 0 saturated carbocycles. The van der Waals surface area contributed by atoms with Gasteiger partial charge in [0, 0.05) is 18.0 Å². The van der Waals surface area contributed by atoms with E-state index in [1.54, 1.807) is 0 Å². The van der Waals surface area contributed by atoms with Gasteiger partial charge >= 0.3 is 0 Å². The van der Waals surface area contributed by atoms with E-state index in [0.717, 1.165) is 12.2 Å². The lowest BCUT2D eigenvalue weighted by molar-refractivity contribution is 0.704. The van der Waals surface area contributed by atoms with Crippen molar-refractivity contribution in [1.82, 2.24) is 10.3 Å². The summed E-state index contributed by atoms with van der Waals surface area (Å²) < 4.78 is 0. The molecule has 12 heavy (non-hydrogen) atoms. The standard InChI is InChI=1S/C9H12N2S/c1-7-6-11-9(12-7)8-4-2-3-5-10-8/h2-5,7,9,11H,6H2,1H3. The number of pyridine rings is 1. The van der Waals surface area contributed by atoms with Crippen molar-refractivity contribution in [3.05, 3.63) is 30.1 Å². The smallest absolute Gasteiger partial charge is 0.0965 e. The van der Waals surface area contributed by atoms with E-state index in [2.05, 4.69) is 23.3 Å². The Morgan fingerprint density at radius 3 is 3.08 bits per heavy atom. The molecule has 0 radical (unpaired) electrons. The van der Waals surface area contributed by atoms with Crippen molar-refractivity contribution in [2.24, 2.45) is 0 Å². The van der Waals surface area contributed by atoms with Gasteiger partial charge in [0.05, 0.1) is 11.1 Å². The van der Waals surface area contributed by atoms with E-state index < -0.39 is 0 Å². The van der Waals surface area contributed by atoms with E-state index in [9.17, 15) is 0 Å². The van der Waals surface area contributed by atoms with E-state index in [0.29, 0.717) is 10.6 Å². The molecular formula is C9H12N2S. The molecule has 2 rings (SSSR count). The van der Waals surface area contributed by atoms with E-state index >= 15 is 0 Å². The topological polar surface area (TPSA) is 24.9 Å². The molecular weight excluding hydrogens is 168 g/mol. The third kappa shape index (κ3) is 1.62. The first-order valence-corrected chi connectivity index (χ1v) is 5.10. The highest BCUT2D eigenvalue weighted by Crippen LogP contribution is 2.32. The maximum absolute atomic E-state index is 4.31. The fourth-order valence-corrected chi connectivity index (χ4v) is 2.44. The Labute approximate surface area is 76.8 Å². The molecule has 0 spiro atoms. The summed E-state index contributed by atoms with van der Waals surface area (Å²) in [5.41, 5.74) is 1.15. The molecule has 0 aliphatic carbocycles. The zero-order valence-electron chi connectivity index (χ0n) is 7.03. The predicted molar refractivity (Wildman–Crippen MR) is 52.0 cm³/mol. The molecule has 2 nitrogen and oxygen atoms in total. The number of hydrogen-bond donors (Lipinski definition) is 1. The van der Waals surface area contributed by atoms with E-state index in [4.69, 9.17) is 0 Å². The fourth-order valence-electron chi connectivity index (χ4n) is 1.31. The minimum Gasteiger partial charge on any atom is -0.299 e. The summed E-state index contributed by atoms with van der Waals surface area (Å²) in [5.74, 6) is 0. The van der Waals surface area contributed by atoms with Crippen LogP contribution in [-0.2, 0) is 0 Å². The van der Waals surface area contributed by atoms with Crippen LogP contribution in [0, 0.1) is 0 Å². The van der Waals surface area contributed by atoms with Crippen LogP contribution in [0.3, 0.4) is 0 Å². The zero-order chi connectivity index (χ0) is 8.39. The number of nitrogens with zero attached hydrogens (tertiary/aromatic N) is 1. The average Bonchev–Trinajstić information content (AvgIpc) is 2.54. The summed E-state index contributed by atoms with van der Waals surface area (Å²) in [5, 5.41) is 4.53. The van der Waals surface area contributed by atoms with Crippen molar-refractivity contribution < 1.29 is 0 Å². The highest BCUT2D eigenvalue weighted by atomic mass is 32.2. The maximum atomic E-state index is 4.31. The third-order valence-corrected chi connectivity index (χ3v) is 3.23. The molecule has 0 amide bonds. The Kier molecular flexibility index (Phi) is 2.33. The van der Waals surface area contributed by atoms with Gasteiger partial charge in [-0.25, -0.2) is 0 Å².